The first-order valence-electron chi connectivity index (χ1n) is 5.64. The SMILES string of the molecule is Fc1ccc(Cl)cc1CNC1CCCNC1. The fourth-order valence-electron chi connectivity index (χ4n) is 1.96. The van der Waals surface area contributed by atoms with E-state index in [0.29, 0.717) is 23.2 Å². The topological polar surface area (TPSA) is 24.1 Å². The van der Waals surface area contributed by atoms with Crippen molar-refractivity contribution in [2.45, 2.75) is 25.4 Å². The van der Waals surface area contributed by atoms with E-state index in [1.165, 1.54) is 12.5 Å². The Hall–Kier alpha value is -0.640. The van der Waals surface area contributed by atoms with Gasteiger partial charge in [0.1, 0.15) is 5.82 Å². The molecule has 0 saturated carbocycles. The molecular formula is C12H16ClFN2. The van der Waals surface area contributed by atoms with E-state index in [-0.39, 0.29) is 5.82 Å². The second-order valence-corrected chi connectivity index (χ2v) is 4.60. The number of hydrogen-bond acceptors (Lipinski definition) is 2. The summed E-state index contributed by atoms with van der Waals surface area (Å²) in [7, 11) is 0. The Morgan fingerprint density at radius 3 is 3.12 bits per heavy atom. The summed E-state index contributed by atoms with van der Waals surface area (Å²) in [6.07, 6.45) is 2.32. The first-order valence-corrected chi connectivity index (χ1v) is 6.01. The van der Waals surface area contributed by atoms with E-state index in [2.05, 4.69) is 10.6 Å². The Kier molecular flexibility index (Phi) is 4.16. The Balaban J connectivity index is 1.90. The van der Waals surface area contributed by atoms with Crippen LogP contribution in [0.5, 0.6) is 0 Å². The predicted octanol–water partition coefficient (Wildman–Crippen LogP) is 2.32. The number of halogens is 2. The van der Waals surface area contributed by atoms with E-state index in [1.54, 1.807) is 12.1 Å². The van der Waals surface area contributed by atoms with Gasteiger partial charge < -0.3 is 10.6 Å². The molecule has 1 atom stereocenters. The monoisotopic (exact) mass is 242 g/mol. The summed E-state index contributed by atoms with van der Waals surface area (Å²) in [6.45, 7) is 2.59. The zero-order valence-corrected chi connectivity index (χ0v) is 9.86. The van der Waals surface area contributed by atoms with E-state index in [4.69, 9.17) is 11.6 Å². The third-order valence-electron chi connectivity index (χ3n) is 2.89. The Bertz CT molecular complexity index is 351. The van der Waals surface area contributed by atoms with E-state index in [9.17, 15) is 4.39 Å². The molecule has 1 aromatic rings. The smallest absolute Gasteiger partial charge is 0.127 e. The predicted molar refractivity (Wildman–Crippen MR) is 64.1 cm³/mol. The van der Waals surface area contributed by atoms with Crippen LogP contribution in [0.15, 0.2) is 18.2 Å². The molecule has 1 fully saturated rings. The second-order valence-electron chi connectivity index (χ2n) is 4.16. The molecule has 0 aromatic heterocycles. The molecule has 1 aliphatic heterocycles. The van der Waals surface area contributed by atoms with Gasteiger partial charge in [0.15, 0.2) is 0 Å². The Morgan fingerprint density at radius 2 is 2.38 bits per heavy atom. The minimum Gasteiger partial charge on any atom is -0.315 e. The molecule has 1 heterocycles. The third-order valence-corrected chi connectivity index (χ3v) is 3.12. The minimum atomic E-state index is -0.194. The fraction of sp³-hybridized carbons (Fsp3) is 0.500. The molecule has 16 heavy (non-hydrogen) atoms. The van der Waals surface area contributed by atoms with Crippen LogP contribution in [0, 0.1) is 5.82 Å². The summed E-state index contributed by atoms with van der Waals surface area (Å²) < 4.78 is 13.4. The standard InChI is InChI=1S/C12H16ClFN2/c13-10-3-4-12(14)9(6-10)7-16-11-2-1-5-15-8-11/h3-4,6,11,15-16H,1-2,5,7-8H2. The van der Waals surface area contributed by atoms with Crippen molar-refractivity contribution < 1.29 is 4.39 Å². The summed E-state index contributed by atoms with van der Waals surface area (Å²) in [6, 6.07) is 5.10. The Morgan fingerprint density at radius 1 is 1.50 bits per heavy atom. The zero-order chi connectivity index (χ0) is 11.4. The van der Waals surface area contributed by atoms with Gasteiger partial charge >= 0.3 is 0 Å². The van der Waals surface area contributed by atoms with Crippen LogP contribution in [0.1, 0.15) is 18.4 Å². The summed E-state index contributed by atoms with van der Waals surface area (Å²) in [4.78, 5) is 0. The molecule has 88 valence electrons. The van der Waals surface area contributed by atoms with Gasteiger partial charge in [-0.1, -0.05) is 11.6 Å². The zero-order valence-electron chi connectivity index (χ0n) is 9.10. The molecular weight excluding hydrogens is 227 g/mol. The van der Waals surface area contributed by atoms with Crippen molar-refractivity contribution in [3.8, 4) is 0 Å². The van der Waals surface area contributed by atoms with Crippen molar-refractivity contribution in [3.63, 3.8) is 0 Å². The van der Waals surface area contributed by atoms with Gasteiger partial charge in [0, 0.05) is 29.7 Å². The second kappa shape index (κ2) is 5.62. The molecule has 1 aliphatic rings. The van der Waals surface area contributed by atoms with Crippen LogP contribution >= 0.6 is 11.6 Å². The molecule has 0 amide bonds. The maximum absolute atomic E-state index is 13.4. The molecule has 1 saturated heterocycles. The van der Waals surface area contributed by atoms with E-state index in [1.807, 2.05) is 0 Å². The molecule has 2 nitrogen and oxygen atoms in total. The van der Waals surface area contributed by atoms with Crippen LogP contribution in [0.4, 0.5) is 4.39 Å². The number of nitrogens with one attached hydrogen (secondary N) is 2. The average Bonchev–Trinajstić information content (AvgIpc) is 2.32. The molecule has 0 radical (unpaired) electrons. The van der Waals surface area contributed by atoms with Crippen LogP contribution in [0.2, 0.25) is 5.02 Å². The highest BCUT2D eigenvalue weighted by Crippen LogP contribution is 2.15. The summed E-state index contributed by atoms with van der Waals surface area (Å²) in [5.74, 6) is -0.194. The number of piperidine rings is 1. The van der Waals surface area contributed by atoms with Crippen molar-refractivity contribution in [1.29, 1.82) is 0 Å². The van der Waals surface area contributed by atoms with Crippen molar-refractivity contribution in [1.82, 2.24) is 10.6 Å². The lowest BCUT2D eigenvalue weighted by molar-refractivity contribution is 0.386. The van der Waals surface area contributed by atoms with Crippen molar-refractivity contribution in [2.24, 2.45) is 0 Å². The lowest BCUT2D eigenvalue weighted by atomic mass is 10.1. The lowest BCUT2D eigenvalue weighted by Crippen LogP contribution is -2.42. The lowest BCUT2D eigenvalue weighted by Gasteiger charge is -2.24. The molecule has 1 unspecified atom stereocenters. The van der Waals surface area contributed by atoms with Crippen LogP contribution in [0.25, 0.3) is 0 Å². The van der Waals surface area contributed by atoms with Gasteiger partial charge in [0.2, 0.25) is 0 Å². The van der Waals surface area contributed by atoms with Crippen molar-refractivity contribution >= 4 is 11.6 Å². The highest BCUT2D eigenvalue weighted by atomic mass is 35.5. The normalized spacial score (nSPS) is 21.0. The van der Waals surface area contributed by atoms with Crippen molar-refractivity contribution in [2.75, 3.05) is 13.1 Å². The van der Waals surface area contributed by atoms with Gasteiger partial charge in [0.25, 0.3) is 0 Å². The van der Waals surface area contributed by atoms with E-state index < -0.39 is 0 Å². The van der Waals surface area contributed by atoms with Gasteiger partial charge in [-0.15, -0.1) is 0 Å². The third kappa shape index (κ3) is 3.17. The number of hydrogen-bond donors (Lipinski definition) is 2. The maximum Gasteiger partial charge on any atom is 0.127 e. The number of benzene rings is 1. The van der Waals surface area contributed by atoms with Gasteiger partial charge in [0.05, 0.1) is 0 Å². The maximum atomic E-state index is 13.4. The minimum absolute atomic E-state index is 0.194. The van der Waals surface area contributed by atoms with Crippen LogP contribution in [0.3, 0.4) is 0 Å². The van der Waals surface area contributed by atoms with Crippen LogP contribution < -0.4 is 10.6 Å². The molecule has 0 spiro atoms. The van der Waals surface area contributed by atoms with Crippen LogP contribution in [-0.4, -0.2) is 19.1 Å². The van der Waals surface area contributed by atoms with E-state index >= 15 is 0 Å². The molecule has 2 rings (SSSR count). The first-order chi connectivity index (χ1) is 7.75. The number of rotatable bonds is 3. The molecule has 4 heteroatoms. The highest BCUT2D eigenvalue weighted by molar-refractivity contribution is 6.30. The van der Waals surface area contributed by atoms with Gasteiger partial charge in [-0.3, -0.25) is 0 Å². The van der Waals surface area contributed by atoms with Gasteiger partial charge in [-0.05, 0) is 37.6 Å². The first kappa shape index (κ1) is 11.8. The van der Waals surface area contributed by atoms with Crippen LogP contribution in [-0.2, 0) is 6.54 Å². The molecule has 0 bridgehead atoms. The van der Waals surface area contributed by atoms with Gasteiger partial charge in [-0.2, -0.15) is 0 Å². The largest absolute Gasteiger partial charge is 0.315 e. The quantitative estimate of drug-likeness (QED) is 0.850. The molecule has 2 N–H and O–H groups in total. The summed E-state index contributed by atoms with van der Waals surface area (Å²) >= 11 is 5.83. The van der Waals surface area contributed by atoms with Gasteiger partial charge in [-0.25, -0.2) is 4.39 Å². The average molecular weight is 243 g/mol. The van der Waals surface area contributed by atoms with E-state index in [0.717, 1.165) is 19.5 Å². The highest BCUT2D eigenvalue weighted by Gasteiger charge is 2.12. The summed E-state index contributed by atoms with van der Waals surface area (Å²) in [5, 5.41) is 7.24. The van der Waals surface area contributed by atoms with Crippen molar-refractivity contribution in [3.05, 3.63) is 34.6 Å². The summed E-state index contributed by atoms with van der Waals surface area (Å²) in [5.41, 5.74) is 0.637. The Labute approximate surface area is 100 Å². The molecule has 1 aromatic carbocycles. The molecule has 0 aliphatic carbocycles. The fourth-order valence-corrected chi connectivity index (χ4v) is 2.15.